The lowest BCUT2D eigenvalue weighted by Crippen LogP contribution is -2.35. The highest BCUT2D eigenvalue weighted by Crippen LogP contribution is 2.47. The first kappa shape index (κ1) is 20.5. The van der Waals surface area contributed by atoms with Gasteiger partial charge in [-0.25, -0.2) is 0 Å². The standard InChI is InChI=1S/C24H14Cl3NO2S/c25-13-6-8-19(27)16(10-13)17-12-21(29)28(15-4-2-1-3-5-15)24-22(17)23(30)18-11-14(26)7-9-20(18)31-24/h1-11,17H,12H2. The fourth-order valence-corrected chi connectivity index (χ4v) is 5.86. The number of fused-ring (bicyclic) bond motifs is 2. The van der Waals surface area contributed by atoms with E-state index >= 15 is 0 Å². The molecule has 2 heterocycles. The van der Waals surface area contributed by atoms with E-state index in [1.54, 1.807) is 35.2 Å². The molecule has 7 heteroatoms. The summed E-state index contributed by atoms with van der Waals surface area (Å²) < 4.78 is 0.764. The fourth-order valence-electron chi connectivity index (χ4n) is 4.01. The van der Waals surface area contributed by atoms with Gasteiger partial charge in [-0.2, -0.15) is 0 Å². The summed E-state index contributed by atoms with van der Waals surface area (Å²) in [6.07, 6.45) is 0.107. The van der Waals surface area contributed by atoms with E-state index in [-0.39, 0.29) is 17.8 Å². The molecule has 5 rings (SSSR count). The highest BCUT2D eigenvalue weighted by Gasteiger charge is 2.37. The summed E-state index contributed by atoms with van der Waals surface area (Å²) in [5.41, 5.74) is 1.77. The van der Waals surface area contributed by atoms with Crippen molar-refractivity contribution in [2.75, 3.05) is 4.90 Å². The first-order chi connectivity index (χ1) is 14.9. The van der Waals surface area contributed by atoms with Crippen molar-refractivity contribution in [3.8, 4) is 0 Å². The Morgan fingerprint density at radius 3 is 2.35 bits per heavy atom. The summed E-state index contributed by atoms with van der Waals surface area (Å²) in [4.78, 5) is 28.7. The third kappa shape index (κ3) is 3.54. The van der Waals surface area contributed by atoms with Crippen LogP contribution >= 0.6 is 46.1 Å². The molecule has 4 aromatic rings. The lowest BCUT2D eigenvalue weighted by Gasteiger charge is -2.33. The quantitative estimate of drug-likeness (QED) is 0.295. The maximum atomic E-state index is 13.7. The molecule has 0 saturated carbocycles. The number of rotatable bonds is 2. The summed E-state index contributed by atoms with van der Waals surface area (Å²) >= 11 is 20.3. The van der Waals surface area contributed by atoms with Crippen molar-refractivity contribution in [3.63, 3.8) is 0 Å². The van der Waals surface area contributed by atoms with Crippen molar-refractivity contribution < 1.29 is 4.79 Å². The molecule has 3 nitrogen and oxygen atoms in total. The van der Waals surface area contributed by atoms with Crippen LogP contribution in [0.3, 0.4) is 0 Å². The minimum absolute atomic E-state index is 0.107. The van der Waals surface area contributed by atoms with Gasteiger partial charge in [-0.1, -0.05) is 53.0 Å². The lowest BCUT2D eigenvalue weighted by atomic mass is 9.85. The van der Waals surface area contributed by atoms with E-state index in [4.69, 9.17) is 34.8 Å². The van der Waals surface area contributed by atoms with Crippen LogP contribution in [0.2, 0.25) is 15.1 Å². The Kier molecular flexibility index (Phi) is 5.27. The van der Waals surface area contributed by atoms with Crippen LogP contribution in [0.15, 0.2) is 71.5 Å². The number of carbonyl (C=O) groups excluding carboxylic acids is 1. The van der Waals surface area contributed by atoms with Crippen molar-refractivity contribution in [3.05, 3.63) is 103 Å². The number of nitrogens with zero attached hydrogens (tertiary/aromatic N) is 1. The summed E-state index contributed by atoms with van der Waals surface area (Å²) in [7, 11) is 0. The van der Waals surface area contributed by atoms with Crippen molar-refractivity contribution in [2.24, 2.45) is 0 Å². The molecule has 0 radical (unpaired) electrons. The SMILES string of the molecule is O=C1CC(c2cc(Cl)ccc2Cl)c2c(sc3ccc(Cl)cc3c2=O)N1c1ccccc1. The molecule has 31 heavy (non-hydrogen) atoms. The summed E-state index contributed by atoms with van der Waals surface area (Å²) in [6.45, 7) is 0. The number of hydrogen-bond acceptors (Lipinski definition) is 3. The molecule has 0 fully saturated rings. The Labute approximate surface area is 197 Å². The molecule has 0 aliphatic carbocycles. The minimum atomic E-state index is -0.499. The molecular weight excluding hydrogens is 473 g/mol. The van der Waals surface area contributed by atoms with Crippen LogP contribution in [0.1, 0.15) is 23.5 Å². The maximum absolute atomic E-state index is 13.7. The van der Waals surface area contributed by atoms with Crippen LogP contribution in [0.25, 0.3) is 10.1 Å². The third-order valence-corrected chi connectivity index (χ3v) is 7.38. The van der Waals surface area contributed by atoms with Crippen LogP contribution in [0.5, 0.6) is 0 Å². The molecule has 0 saturated heterocycles. The van der Waals surface area contributed by atoms with Gasteiger partial charge in [0.25, 0.3) is 0 Å². The summed E-state index contributed by atoms with van der Waals surface area (Å²) in [5, 5.41) is 2.58. The number of para-hydroxylation sites is 1. The van der Waals surface area contributed by atoms with Gasteiger partial charge >= 0.3 is 0 Å². The Balaban J connectivity index is 1.85. The molecule has 1 amide bonds. The largest absolute Gasteiger partial charge is 0.289 e. The monoisotopic (exact) mass is 485 g/mol. The maximum Gasteiger partial charge on any atom is 0.233 e. The van der Waals surface area contributed by atoms with Gasteiger partial charge in [0.05, 0.1) is 0 Å². The molecule has 3 aromatic carbocycles. The molecule has 1 atom stereocenters. The van der Waals surface area contributed by atoms with E-state index in [9.17, 15) is 9.59 Å². The average Bonchev–Trinajstić information content (AvgIpc) is 2.76. The topological polar surface area (TPSA) is 37.4 Å². The van der Waals surface area contributed by atoms with E-state index in [0.717, 1.165) is 4.70 Å². The Morgan fingerprint density at radius 1 is 0.871 bits per heavy atom. The zero-order valence-corrected chi connectivity index (χ0v) is 19.0. The molecule has 0 bridgehead atoms. The van der Waals surface area contributed by atoms with Gasteiger partial charge in [-0.15, -0.1) is 11.3 Å². The van der Waals surface area contributed by atoms with Crippen LogP contribution < -0.4 is 10.3 Å². The third-order valence-electron chi connectivity index (χ3n) is 5.40. The van der Waals surface area contributed by atoms with Crippen molar-refractivity contribution in [1.82, 2.24) is 0 Å². The van der Waals surface area contributed by atoms with Gasteiger partial charge in [0.2, 0.25) is 5.91 Å². The number of amides is 1. The van der Waals surface area contributed by atoms with Gasteiger partial charge in [-0.05, 0) is 54.1 Å². The highest BCUT2D eigenvalue weighted by molar-refractivity contribution is 7.22. The molecule has 1 unspecified atom stereocenters. The first-order valence-electron chi connectivity index (χ1n) is 9.53. The number of anilines is 2. The molecule has 1 aliphatic rings. The van der Waals surface area contributed by atoms with E-state index in [2.05, 4.69) is 0 Å². The Bertz CT molecular complexity index is 1400. The van der Waals surface area contributed by atoms with E-state index < -0.39 is 5.92 Å². The predicted octanol–water partition coefficient (Wildman–Crippen LogP) is 7.42. The van der Waals surface area contributed by atoms with E-state index in [0.29, 0.717) is 42.3 Å². The van der Waals surface area contributed by atoms with Gasteiger partial charge in [0, 0.05) is 48.7 Å². The predicted molar refractivity (Wildman–Crippen MR) is 130 cm³/mol. The van der Waals surface area contributed by atoms with Crippen molar-refractivity contribution in [2.45, 2.75) is 12.3 Å². The van der Waals surface area contributed by atoms with Gasteiger partial charge in [-0.3, -0.25) is 14.5 Å². The second-order valence-electron chi connectivity index (χ2n) is 7.28. The number of benzene rings is 3. The van der Waals surface area contributed by atoms with Crippen LogP contribution in [0, 0.1) is 0 Å². The average molecular weight is 487 g/mol. The number of halogens is 3. The van der Waals surface area contributed by atoms with Crippen LogP contribution in [-0.4, -0.2) is 5.91 Å². The van der Waals surface area contributed by atoms with Gasteiger partial charge < -0.3 is 0 Å². The molecule has 1 aliphatic heterocycles. The molecule has 0 N–H and O–H groups in total. The molecular formula is C24H14Cl3NO2S. The minimum Gasteiger partial charge on any atom is -0.289 e. The van der Waals surface area contributed by atoms with Crippen LogP contribution in [-0.2, 0) is 4.79 Å². The molecule has 1 aromatic heterocycles. The second-order valence-corrected chi connectivity index (χ2v) is 9.59. The smallest absolute Gasteiger partial charge is 0.233 e. The lowest BCUT2D eigenvalue weighted by molar-refractivity contribution is -0.118. The van der Waals surface area contributed by atoms with E-state index in [1.165, 1.54) is 11.3 Å². The number of carbonyl (C=O) groups is 1. The zero-order chi connectivity index (χ0) is 21.7. The van der Waals surface area contributed by atoms with E-state index in [1.807, 2.05) is 36.4 Å². The highest BCUT2D eigenvalue weighted by atomic mass is 35.5. The summed E-state index contributed by atoms with van der Waals surface area (Å²) in [6, 6.07) is 19.7. The number of hydrogen-bond donors (Lipinski definition) is 0. The van der Waals surface area contributed by atoms with Gasteiger partial charge in [0.15, 0.2) is 5.43 Å². The van der Waals surface area contributed by atoms with Crippen molar-refractivity contribution >= 4 is 72.8 Å². The molecule has 0 spiro atoms. The fraction of sp³-hybridized carbons (Fsp3) is 0.0833. The Hall–Kier alpha value is -2.37. The van der Waals surface area contributed by atoms with Crippen molar-refractivity contribution in [1.29, 1.82) is 0 Å². The molecule has 154 valence electrons. The zero-order valence-electron chi connectivity index (χ0n) is 15.9. The normalized spacial score (nSPS) is 15.9. The Morgan fingerprint density at radius 2 is 1.58 bits per heavy atom. The van der Waals surface area contributed by atoms with Gasteiger partial charge in [0.1, 0.15) is 5.00 Å². The summed E-state index contributed by atoms with van der Waals surface area (Å²) in [5.74, 6) is -0.607. The first-order valence-corrected chi connectivity index (χ1v) is 11.5. The van der Waals surface area contributed by atoms with Crippen LogP contribution in [0.4, 0.5) is 10.7 Å². The second kappa shape index (κ2) is 7.95.